The van der Waals surface area contributed by atoms with Gasteiger partial charge in [0.05, 0.1) is 17.4 Å². The molecule has 1 aliphatic carbocycles. The molecule has 1 saturated carbocycles. The van der Waals surface area contributed by atoms with Gasteiger partial charge in [-0.3, -0.25) is 0 Å². The molecule has 3 nitrogen and oxygen atoms in total. The predicted octanol–water partition coefficient (Wildman–Crippen LogP) is 2.13. The van der Waals surface area contributed by atoms with Gasteiger partial charge in [-0.05, 0) is 38.0 Å². The quantitative estimate of drug-likeness (QED) is 0.695. The molecule has 1 heterocycles. The zero-order valence-electron chi connectivity index (χ0n) is 8.20. The molecule has 1 fully saturated rings. The molecule has 0 atom stereocenters. The van der Waals surface area contributed by atoms with Crippen molar-refractivity contribution in [2.45, 2.75) is 25.3 Å². The number of anilines is 1. The molecule has 0 aliphatic heterocycles. The Morgan fingerprint density at radius 3 is 2.93 bits per heavy atom. The molecule has 0 radical (unpaired) electrons. The SMILES string of the molecule is CC1(n2cnc3cc(N)ccc32)CC1. The van der Waals surface area contributed by atoms with E-state index in [2.05, 4.69) is 22.5 Å². The number of benzene rings is 1. The van der Waals surface area contributed by atoms with Crippen LogP contribution in [0.4, 0.5) is 5.69 Å². The first-order valence-electron chi connectivity index (χ1n) is 4.92. The molecule has 0 saturated heterocycles. The highest BCUT2D eigenvalue weighted by atomic mass is 15.1. The minimum absolute atomic E-state index is 0.310. The summed E-state index contributed by atoms with van der Waals surface area (Å²) in [5, 5.41) is 0. The van der Waals surface area contributed by atoms with Crippen LogP contribution in [0.2, 0.25) is 0 Å². The molecule has 0 unspecified atom stereocenters. The van der Waals surface area contributed by atoms with Crippen molar-refractivity contribution < 1.29 is 0 Å². The highest BCUT2D eigenvalue weighted by Crippen LogP contribution is 2.44. The van der Waals surface area contributed by atoms with E-state index < -0.39 is 0 Å². The highest BCUT2D eigenvalue weighted by molar-refractivity contribution is 5.79. The summed E-state index contributed by atoms with van der Waals surface area (Å²) in [6.07, 6.45) is 4.43. The van der Waals surface area contributed by atoms with Crippen molar-refractivity contribution in [3.8, 4) is 0 Å². The van der Waals surface area contributed by atoms with Crippen molar-refractivity contribution in [3.63, 3.8) is 0 Å². The van der Waals surface area contributed by atoms with Gasteiger partial charge < -0.3 is 10.3 Å². The van der Waals surface area contributed by atoms with Crippen LogP contribution in [0.3, 0.4) is 0 Å². The number of imidazole rings is 1. The molecule has 1 aromatic heterocycles. The number of aromatic nitrogens is 2. The highest BCUT2D eigenvalue weighted by Gasteiger charge is 2.39. The zero-order chi connectivity index (χ0) is 9.76. The van der Waals surface area contributed by atoms with E-state index >= 15 is 0 Å². The first kappa shape index (κ1) is 7.85. The maximum absolute atomic E-state index is 5.71. The lowest BCUT2D eigenvalue weighted by atomic mass is 10.2. The smallest absolute Gasteiger partial charge is 0.0963 e. The fourth-order valence-electron chi connectivity index (χ4n) is 1.88. The Balaban J connectivity index is 2.27. The summed E-state index contributed by atoms with van der Waals surface area (Å²) in [6.45, 7) is 2.27. The van der Waals surface area contributed by atoms with Gasteiger partial charge in [-0.25, -0.2) is 4.98 Å². The summed E-state index contributed by atoms with van der Waals surface area (Å²) in [4.78, 5) is 4.37. The number of nitrogen functional groups attached to an aromatic ring is 1. The number of hydrogen-bond acceptors (Lipinski definition) is 2. The van der Waals surface area contributed by atoms with Crippen LogP contribution in [0.1, 0.15) is 19.8 Å². The fraction of sp³-hybridized carbons (Fsp3) is 0.364. The molecule has 1 aromatic carbocycles. The monoisotopic (exact) mass is 187 g/mol. The average Bonchev–Trinajstić information content (AvgIpc) is 2.77. The number of hydrogen-bond donors (Lipinski definition) is 1. The molecule has 2 aromatic rings. The zero-order valence-corrected chi connectivity index (χ0v) is 8.20. The first-order valence-corrected chi connectivity index (χ1v) is 4.92. The maximum atomic E-state index is 5.71. The summed E-state index contributed by atoms with van der Waals surface area (Å²) < 4.78 is 2.27. The number of fused-ring (bicyclic) bond motifs is 1. The third kappa shape index (κ3) is 0.953. The van der Waals surface area contributed by atoms with Gasteiger partial charge in [0, 0.05) is 11.2 Å². The van der Waals surface area contributed by atoms with Gasteiger partial charge in [0.15, 0.2) is 0 Å². The Bertz CT molecular complexity index is 494. The lowest BCUT2D eigenvalue weighted by molar-refractivity contribution is 0.548. The minimum Gasteiger partial charge on any atom is -0.399 e. The minimum atomic E-state index is 0.310. The number of rotatable bonds is 1. The van der Waals surface area contributed by atoms with Crippen LogP contribution in [0.25, 0.3) is 11.0 Å². The molecule has 3 heteroatoms. The van der Waals surface area contributed by atoms with Crippen molar-refractivity contribution in [1.29, 1.82) is 0 Å². The molecule has 72 valence electrons. The lowest BCUT2D eigenvalue weighted by Gasteiger charge is -2.11. The third-order valence-electron chi connectivity index (χ3n) is 3.13. The van der Waals surface area contributed by atoms with Gasteiger partial charge in [0.2, 0.25) is 0 Å². The van der Waals surface area contributed by atoms with Crippen molar-refractivity contribution in [2.75, 3.05) is 5.73 Å². The fourth-order valence-corrected chi connectivity index (χ4v) is 1.88. The van der Waals surface area contributed by atoms with Crippen LogP contribution in [-0.4, -0.2) is 9.55 Å². The molecule has 14 heavy (non-hydrogen) atoms. The summed E-state index contributed by atoms with van der Waals surface area (Å²) in [5.41, 5.74) is 8.99. The van der Waals surface area contributed by atoms with E-state index in [0.29, 0.717) is 5.54 Å². The molecular formula is C11H13N3. The summed E-state index contributed by atoms with van der Waals surface area (Å²) >= 11 is 0. The van der Waals surface area contributed by atoms with Crippen LogP contribution in [0, 0.1) is 0 Å². The van der Waals surface area contributed by atoms with Crippen molar-refractivity contribution in [3.05, 3.63) is 24.5 Å². The third-order valence-corrected chi connectivity index (χ3v) is 3.13. The van der Waals surface area contributed by atoms with E-state index in [1.165, 1.54) is 18.4 Å². The van der Waals surface area contributed by atoms with Crippen LogP contribution in [-0.2, 0) is 5.54 Å². The van der Waals surface area contributed by atoms with Gasteiger partial charge in [0.25, 0.3) is 0 Å². The molecule has 1 aliphatic rings. The standard InChI is InChI=1S/C11H13N3/c1-11(4-5-11)14-7-13-9-6-8(12)2-3-10(9)14/h2-3,6-7H,4-5,12H2,1H3. The van der Waals surface area contributed by atoms with Crippen LogP contribution in [0.5, 0.6) is 0 Å². The second-order valence-electron chi connectivity index (χ2n) is 4.36. The molecule has 3 rings (SSSR count). The Morgan fingerprint density at radius 1 is 1.43 bits per heavy atom. The van der Waals surface area contributed by atoms with Crippen LogP contribution in [0.15, 0.2) is 24.5 Å². The number of nitrogens with zero attached hydrogens (tertiary/aromatic N) is 2. The van der Waals surface area contributed by atoms with Gasteiger partial charge in [0.1, 0.15) is 0 Å². The molecule has 0 amide bonds. The molecule has 0 bridgehead atoms. The maximum Gasteiger partial charge on any atom is 0.0963 e. The average molecular weight is 187 g/mol. The normalized spacial score (nSPS) is 18.6. The predicted molar refractivity (Wildman–Crippen MR) is 57.0 cm³/mol. The Hall–Kier alpha value is -1.51. The van der Waals surface area contributed by atoms with Gasteiger partial charge in [-0.1, -0.05) is 0 Å². The summed E-state index contributed by atoms with van der Waals surface area (Å²) in [7, 11) is 0. The lowest BCUT2D eigenvalue weighted by Crippen LogP contribution is -2.10. The topological polar surface area (TPSA) is 43.8 Å². The van der Waals surface area contributed by atoms with Crippen LogP contribution >= 0.6 is 0 Å². The molecular weight excluding hydrogens is 174 g/mol. The molecule has 2 N–H and O–H groups in total. The van der Waals surface area contributed by atoms with E-state index in [-0.39, 0.29) is 0 Å². The molecule has 0 spiro atoms. The Kier molecular flexibility index (Phi) is 1.29. The second-order valence-corrected chi connectivity index (χ2v) is 4.36. The number of nitrogens with two attached hydrogens (primary N) is 1. The van der Waals surface area contributed by atoms with Gasteiger partial charge in [-0.2, -0.15) is 0 Å². The summed E-state index contributed by atoms with van der Waals surface area (Å²) in [5.74, 6) is 0. The van der Waals surface area contributed by atoms with Crippen molar-refractivity contribution in [2.24, 2.45) is 0 Å². The van der Waals surface area contributed by atoms with E-state index in [9.17, 15) is 0 Å². The van der Waals surface area contributed by atoms with E-state index in [4.69, 9.17) is 5.73 Å². The first-order chi connectivity index (χ1) is 6.69. The Morgan fingerprint density at radius 2 is 2.21 bits per heavy atom. The van der Waals surface area contributed by atoms with E-state index in [1.807, 2.05) is 18.5 Å². The van der Waals surface area contributed by atoms with Gasteiger partial charge in [-0.15, -0.1) is 0 Å². The van der Waals surface area contributed by atoms with Crippen LogP contribution < -0.4 is 5.73 Å². The van der Waals surface area contributed by atoms with E-state index in [0.717, 1.165) is 11.2 Å². The largest absolute Gasteiger partial charge is 0.399 e. The second kappa shape index (κ2) is 2.29. The van der Waals surface area contributed by atoms with Crippen molar-refractivity contribution in [1.82, 2.24) is 9.55 Å². The Labute approximate surface area is 82.5 Å². The van der Waals surface area contributed by atoms with Gasteiger partial charge >= 0.3 is 0 Å². The van der Waals surface area contributed by atoms with E-state index in [1.54, 1.807) is 0 Å². The van der Waals surface area contributed by atoms with Crippen molar-refractivity contribution >= 4 is 16.7 Å². The summed E-state index contributed by atoms with van der Waals surface area (Å²) in [6, 6.07) is 5.92.